The molecule has 1 N–H and O–H groups in total. The van der Waals surface area contributed by atoms with Crippen LogP contribution in [0.15, 0.2) is 6.20 Å². The molecule has 0 saturated carbocycles. The van der Waals surface area contributed by atoms with Crippen molar-refractivity contribution in [2.75, 3.05) is 7.05 Å². The number of nitrogens with zero attached hydrogens (tertiary/aromatic N) is 4. The van der Waals surface area contributed by atoms with E-state index in [-0.39, 0.29) is 5.41 Å². The van der Waals surface area contributed by atoms with Crippen LogP contribution in [0.4, 0.5) is 0 Å². The molecule has 0 atom stereocenters. The lowest BCUT2D eigenvalue weighted by atomic mass is 9.94. The van der Waals surface area contributed by atoms with Gasteiger partial charge >= 0.3 is 0 Å². The van der Waals surface area contributed by atoms with Crippen molar-refractivity contribution in [2.24, 2.45) is 0 Å². The second-order valence-electron chi connectivity index (χ2n) is 5.71. The zero-order chi connectivity index (χ0) is 14.0. The van der Waals surface area contributed by atoms with Crippen LogP contribution in [-0.4, -0.2) is 27.0 Å². The first-order valence-electron chi connectivity index (χ1n) is 6.40. The van der Waals surface area contributed by atoms with Gasteiger partial charge in [0.25, 0.3) is 0 Å². The smallest absolute Gasteiger partial charge is 0.115 e. The van der Waals surface area contributed by atoms with E-state index in [4.69, 9.17) is 0 Å². The average molecular weight is 279 g/mol. The fourth-order valence-corrected chi connectivity index (χ4v) is 3.15. The Morgan fingerprint density at radius 2 is 2.11 bits per heavy atom. The summed E-state index contributed by atoms with van der Waals surface area (Å²) < 4.78 is 1.84. The molecule has 104 valence electrons. The third-order valence-electron chi connectivity index (χ3n) is 2.76. The summed E-state index contributed by atoms with van der Waals surface area (Å²) in [6.07, 6.45) is 1.96. The Morgan fingerprint density at radius 3 is 2.68 bits per heavy atom. The minimum Gasteiger partial charge on any atom is -0.314 e. The van der Waals surface area contributed by atoms with Crippen molar-refractivity contribution in [3.8, 4) is 0 Å². The molecule has 2 aromatic heterocycles. The number of rotatable bonds is 4. The molecule has 0 fully saturated rings. The van der Waals surface area contributed by atoms with E-state index in [0.29, 0.717) is 6.54 Å². The van der Waals surface area contributed by atoms with Gasteiger partial charge in [-0.25, -0.2) is 9.67 Å². The second kappa shape index (κ2) is 5.38. The van der Waals surface area contributed by atoms with Crippen molar-refractivity contribution >= 4 is 11.3 Å². The van der Waals surface area contributed by atoms with Crippen LogP contribution < -0.4 is 5.32 Å². The molecular weight excluding hydrogens is 258 g/mol. The molecule has 0 aromatic carbocycles. The highest BCUT2D eigenvalue weighted by Gasteiger charge is 2.20. The van der Waals surface area contributed by atoms with E-state index in [0.717, 1.165) is 22.9 Å². The molecule has 0 unspecified atom stereocenters. The molecule has 0 spiro atoms. The molecular formula is C13H21N5S. The fourth-order valence-electron chi connectivity index (χ4n) is 2.03. The van der Waals surface area contributed by atoms with Gasteiger partial charge in [0, 0.05) is 11.4 Å². The lowest BCUT2D eigenvalue weighted by molar-refractivity contribution is 0.598. The highest BCUT2D eigenvalue weighted by atomic mass is 32.1. The van der Waals surface area contributed by atoms with Crippen LogP contribution in [0.2, 0.25) is 0 Å². The molecule has 19 heavy (non-hydrogen) atoms. The zero-order valence-electron chi connectivity index (χ0n) is 12.2. The Bertz CT molecular complexity index is 550. The van der Waals surface area contributed by atoms with Gasteiger partial charge < -0.3 is 5.32 Å². The van der Waals surface area contributed by atoms with Gasteiger partial charge in [0.2, 0.25) is 0 Å². The Morgan fingerprint density at radius 1 is 1.37 bits per heavy atom. The number of aromatic nitrogens is 4. The van der Waals surface area contributed by atoms with E-state index in [9.17, 15) is 0 Å². The number of aryl methyl sites for hydroxylation is 1. The van der Waals surface area contributed by atoms with Crippen LogP contribution in [0.1, 0.15) is 42.0 Å². The summed E-state index contributed by atoms with van der Waals surface area (Å²) in [6, 6.07) is 0. The summed E-state index contributed by atoms with van der Waals surface area (Å²) in [5, 5.41) is 12.4. The molecule has 0 saturated heterocycles. The number of nitrogens with one attached hydrogen (secondary N) is 1. The molecule has 0 bridgehead atoms. The quantitative estimate of drug-likeness (QED) is 0.931. The molecule has 0 aliphatic rings. The van der Waals surface area contributed by atoms with E-state index >= 15 is 0 Å². The van der Waals surface area contributed by atoms with Crippen molar-refractivity contribution in [1.82, 2.24) is 25.3 Å². The van der Waals surface area contributed by atoms with Gasteiger partial charge in [0.05, 0.1) is 24.1 Å². The first-order valence-corrected chi connectivity index (χ1v) is 7.22. The largest absolute Gasteiger partial charge is 0.314 e. The van der Waals surface area contributed by atoms with E-state index in [1.807, 2.05) is 17.9 Å². The first-order chi connectivity index (χ1) is 8.90. The third kappa shape index (κ3) is 3.39. The highest BCUT2D eigenvalue weighted by molar-refractivity contribution is 7.11. The maximum Gasteiger partial charge on any atom is 0.115 e. The minimum atomic E-state index is 0.152. The van der Waals surface area contributed by atoms with Crippen molar-refractivity contribution in [3.05, 3.63) is 27.5 Å². The topological polar surface area (TPSA) is 55.6 Å². The summed E-state index contributed by atoms with van der Waals surface area (Å²) in [7, 11) is 1.90. The Kier molecular flexibility index (Phi) is 4.01. The third-order valence-corrected chi connectivity index (χ3v) is 4.33. The Labute approximate surface area is 118 Å². The standard InChI is InChI=1S/C13H21N5S/c1-9-12(13(2,3)4)19-11(15-9)8-18-7-10(6-14-5)16-17-18/h7,14H,6,8H2,1-5H3. The lowest BCUT2D eigenvalue weighted by Crippen LogP contribution is -2.10. The zero-order valence-corrected chi connectivity index (χ0v) is 13.0. The molecule has 2 rings (SSSR count). The van der Waals surface area contributed by atoms with Gasteiger partial charge in [-0.2, -0.15) is 0 Å². The minimum absolute atomic E-state index is 0.152. The number of hydrogen-bond acceptors (Lipinski definition) is 5. The van der Waals surface area contributed by atoms with Crippen molar-refractivity contribution in [3.63, 3.8) is 0 Å². The Balaban J connectivity index is 2.15. The predicted octanol–water partition coefficient (Wildman–Crippen LogP) is 2.11. The van der Waals surface area contributed by atoms with Crippen LogP contribution >= 0.6 is 11.3 Å². The number of hydrogen-bond donors (Lipinski definition) is 1. The molecule has 0 aliphatic heterocycles. The molecule has 2 aromatic rings. The van der Waals surface area contributed by atoms with E-state index in [1.54, 1.807) is 11.3 Å². The summed E-state index contributed by atoms with van der Waals surface area (Å²) in [6.45, 7) is 10.2. The SMILES string of the molecule is CNCc1cn(Cc2nc(C)c(C(C)(C)C)s2)nn1. The van der Waals surface area contributed by atoms with Gasteiger partial charge in [-0.15, -0.1) is 16.4 Å². The van der Waals surface area contributed by atoms with E-state index in [1.165, 1.54) is 4.88 Å². The highest BCUT2D eigenvalue weighted by Crippen LogP contribution is 2.31. The number of thiazole rings is 1. The first kappa shape index (κ1) is 14.1. The van der Waals surface area contributed by atoms with Crippen LogP contribution in [0.25, 0.3) is 0 Å². The van der Waals surface area contributed by atoms with E-state index < -0.39 is 0 Å². The van der Waals surface area contributed by atoms with Gasteiger partial charge in [0.1, 0.15) is 5.01 Å². The molecule has 0 radical (unpaired) electrons. The van der Waals surface area contributed by atoms with Gasteiger partial charge in [-0.3, -0.25) is 0 Å². The Hall–Kier alpha value is -1.27. The predicted molar refractivity (Wildman–Crippen MR) is 77.4 cm³/mol. The fraction of sp³-hybridized carbons (Fsp3) is 0.615. The van der Waals surface area contributed by atoms with Crippen LogP contribution in [0, 0.1) is 6.92 Å². The lowest BCUT2D eigenvalue weighted by Gasteiger charge is -2.16. The summed E-state index contributed by atoms with van der Waals surface area (Å²) in [5.41, 5.74) is 2.23. The second-order valence-corrected chi connectivity index (χ2v) is 6.79. The molecule has 5 nitrogen and oxygen atoms in total. The summed E-state index contributed by atoms with van der Waals surface area (Å²) >= 11 is 1.77. The van der Waals surface area contributed by atoms with Crippen LogP contribution in [0.5, 0.6) is 0 Å². The average Bonchev–Trinajstić information content (AvgIpc) is 2.86. The van der Waals surface area contributed by atoms with Crippen LogP contribution in [-0.2, 0) is 18.5 Å². The van der Waals surface area contributed by atoms with Gasteiger partial charge in [-0.1, -0.05) is 26.0 Å². The monoisotopic (exact) mass is 279 g/mol. The van der Waals surface area contributed by atoms with Crippen molar-refractivity contribution < 1.29 is 0 Å². The summed E-state index contributed by atoms with van der Waals surface area (Å²) in [4.78, 5) is 5.99. The molecule has 6 heteroatoms. The summed E-state index contributed by atoms with van der Waals surface area (Å²) in [5.74, 6) is 0. The molecule has 2 heterocycles. The van der Waals surface area contributed by atoms with Gasteiger partial charge in [0.15, 0.2) is 0 Å². The van der Waals surface area contributed by atoms with Crippen LogP contribution in [0.3, 0.4) is 0 Å². The van der Waals surface area contributed by atoms with Crippen molar-refractivity contribution in [1.29, 1.82) is 0 Å². The van der Waals surface area contributed by atoms with E-state index in [2.05, 4.69) is 48.3 Å². The van der Waals surface area contributed by atoms with Gasteiger partial charge in [-0.05, 0) is 19.4 Å². The molecule has 0 amide bonds. The maximum atomic E-state index is 4.64. The van der Waals surface area contributed by atoms with Crippen molar-refractivity contribution in [2.45, 2.75) is 46.2 Å². The normalized spacial score (nSPS) is 12.1. The molecule has 0 aliphatic carbocycles. The maximum absolute atomic E-state index is 4.64.